The minimum Gasteiger partial charge on any atom is -0.466 e. The van der Waals surface area contributed by atoms with Gasteiger partial charge in [0.25, 0.3) is 0 Å². The lowest BCUT2D eigenvalue weighted by Gasteiger charge is -2.18. The van der Waals surface area contributed by atoms with Gasteiger partial charge in [0.2, 0.25) is 5.91 Å². The Morgan fingerprint density at radius 1 is 1.03 bits per heavy atom. The number of ether oxygens (including phenoxy) is 1. The highest BCUT2D eigenvalue weighted by Crippen LogP contribution is 2.23. The number of aromatic nitrogens is 1. The first-order valence-electron chi connectivity index (χ1n) is 10.7. The molecule has 6 heteroatoms. The Balaban J connectivity index is 1.64. The molecule has 1 aromatic heterocycles. The minimum atomic E-state index is -0.340. The zero-order valence-corrected chi connectivity index (χ0v) is 18.8. The highest BCUT2D eigenvalue weighted by molar-refractivity contribution is 6.30. The number of carbonyl (C=O) groups excluding carboxylic acids is 2. The van der Waals surface area contributed by atoms with Gasteiger partial charge < -0.3 is 10.1 Å². The number of halogens is 1. The summed E-state index contributed by atoms with van der Waals surface area (Å²) in [6, 6.07) is 19.2. The van der Waals surface area contributed by atoms with Crippen LogP contribution in [0.15, 0.2) is 73.1 Å². The molecule has 0 bridgehead atoms. The van der Waals surface area contributed by atoms with Crippen molar-refractivity contribution in [1.29, 1.82) is 0 Å². The maximum Gasteiger partial charge on any atom is 0.307 e. The summed E-state index contributed by atoms with van der Waals surface area (Å²) < 4.78 is 5.10. The van der Waals surface area contributed by atoms with Gasteiger partial charge in [-0.05, 0) is 60.2 Å². The van der Waals surface area contributed by atoms with E-state index in [1.807, 2.05) is 60.7 Å². The molecule has 32 heavy (non-hydrogen) atoms. The van der Waals surface area contributed by atoms with E-state index < -0.39 is 0 Å². The first kappa shape index (κ1) is 23.5. The predicted octanol–water partition coefficient (Wildman–Crippen LogP) is 5.02. The van der Waals surface area contributed by atoms with E-state index in [-0.39, 0.29) is 24.3 Å². The Morgan fingerprint density at radius 3 is 2.53 bits per heavy atom. The number of hydrogen-bond donors (Lipinski definition) is 1. The van der Waals surface area contributed by atoms with Crippen LogP contribution in [0.3, 0.4) is 0 Å². The number of nitrogens with zero attached hydrogens (tertiary/aromatic N) is 1. The molecule has 3 aromatic rings. The van der Waals surface area contributed by atoms with Crippen molar-refractivity contribution < 1.29 is 14.3 Å². The lowest BCUT2D eigenvalue weighted by molar-refractivity contribution is -0.143. The molecule has 1 amide bonds. The van der Waals surface area contributed by atoms with Gasteiger partial charge in [-0.1, -0.05) is 54.1 Å². The predicted molar refractivity (Wildman–Crippen MR) is 126 cm³/mol. The standard InChI is InChI=1S/C26H27ClN2O3/c1-2-32-26(31)17-24(29-25(30)13-10-20-5-4-14-28-18-20)15-19-8-11-21(12-9-19)22-6-3-7-23(27)16-22/h3-9,11-12,14,16,18,24H,2,10,13,15,17H2,1H3,(H,29,30)/t24-/m1/s1. The molecule has 0 saturated carbocycles. The summed E-state index contributed by atoms with van der Waals surface area (Å²) in [6.07, 6.45) is 5.05. The Hall–Kier alpha value is -3.18. The van der Waals surface area contributed by atoms with Crippen LogP contribution in [-0.4, -0.2) is 29.5 Å². The van der Waals surface area contributed by atoms with Gasteiger partial charge >= 0.3 is 5.97 Å². The number of carbonyl (C=O) groups is 2. The third-order valence-corrected chi connectivity index (χ3v) is 5.28. The second kappa shape index (κ2) is 12.0. The molecule has 2 aromatic carbocycles. The van der Waals surface area contributed by atoms with E-state index in [2.05, 4.69) is 10.3 Å². The van der Waals surface area contributed by atoms with Crippen molar-refractivity contribution in [2.75, 3.05) is 6.61 Å². The van der Waals surface area contributed by atoms with Crippen LogP contribution in [0.2, 0.25) is 5.02 Å². The van der Waals surface area contributed by atoms with Gasteiger partial charge in [-0.3, -0.25) is 14.6 Å². The molecule has 0 saturated heterocycles. The fraction of sp³-hybridized carbons (Fsp3) is 0.269. The normalized spacial score (nSPS) is 11.6. The van der Waals surface area contributed by atoms with Crippen molar-refractivity contribution in [3.05, 3.63) is 89.2 Å². The molecule has 1 heterocycles. The van der Waals surface area contributed by atoms with Crippen LogP contribution in [0, 0.1) is 0 Å². The lowest BCUT2D eigenvalue weighted by atomic mass is 9.99. The molecule has 1 N–H and O–H groups in total. The fourth-order valence-electron chi connectivity index (χ4n) is 3.48. The molecule has 0 aliphatic carbocycles. The van der Waals surface area contributed by atoms with E-state index in [9.17, 15) is 9.59 Å². The summed E-state index contributed by atoms with van der Waals surface area (Å²) in [5, 5.41) is 3.69. The largest absolute Gasteiger partial charge is 0.466 e. The topological polar surface area (TPSA) is 68.3 Å². The maximum absolute atomic E-state index is 12.5. The van der Waals surface area contributed by atoms with Crippen molar-refractivity contribution in [1.82, 2.24) is 10.3 Å². The molecule has 166 valence electrons. The third kappa shape index (κ3) is 7.50. The second-order valence-corrected chi connectivity index (χ2v) is 7.98. The molecular weight excluding hydrogens is 424 g/mol. The summed E-state index contributed by atoms with van der Waals surface area (Å²) in [5.74, 6) is -0.417. The molecule has 0 unspecified atom stereocenters. The van der Waals surface area contributed by atoms with Crippen LogP contribution >= 0.6 is 11.6 Å². The summed E-state index contributed by atoms with van der Waals surface area (Å²) in [5.41, 5.74) is 4.12. The summed E-state index contributed by atoms with van der Waals surface area (Å²) in [4.78, 5) is 28.7. The molecule has 1 atom stereocenters. The fourth-order valence-corrected chi connectivity index (χ4v) is 3.68. The highest BCUT2D eigenvalue weighted by atomic mass is 35.5. The molecule has 0 radical (unpaired) electrons. The second-order valence-electron chi connectivity index (χ2n) is 7.55. The van der Waals surface area contributed by atoms with Crippen molar-refractivity contribution >= 4 is 23.5 Å². The van der Waals surface area contributed by atoms with Crippen molar-refractivity contribution in [2.45, 2.75) is 38.6 Å². The van der Waals surface area contributed by atoms with Crippen LogP contribution in [0.1, 0.15) is 30.9 Å². The quantitative estimate of drug-likeness (QED) is 0.440. The van der Waals surface area contributed by atoms with Gasteiger partial charge in [-0.25, -0.2) is 0 Å². The van der Waals surface area contributed by atoms with E-state index in [1.54, 1.807) is 19.3 Å². The molecular formula is C26H27ClN2O3. The zero-order chi connectivity index (χ0) is 22.8. The van der Waals surface area contributed by atoms with Gasteiger partial charge in [0.15, 0.2) is 0 Å². The average molecular weight is 451 g/mol. The van der Waals surface area contributed by atoms with Crippen LogP contribution in [0.25, 0.3) is 11.1 Å². The third-order valence-electron chi connectivity index (χ3n) is 5.04. The highest BCUT2D eigenvalue weighted by Gasteiger charge is 2.18. The first-order valence-corrected chi connectivity index (χ1v) is 11.1. The molecule has 5 nitrogen and oxygen atoms in total. The van der Waals surface area contributed by atoms with Gasteiger partial charge in [-0.2, -0.15) is 0 Å². The molecule has 0 aliphatic heterocycles. The van der Waals surface area contributed by atoms with E-state index in [1.165, 1.54) is 0 Å². The van der Waals surface area contributed by atoms with Crippen molar-refractivity contribution in [2.24, 2.45) is 0 Å². The molecule has 0 aliphatic rings. The monoisotopic (exact) mass is 450 g/mol. The van der Waals surface area contributed by atoms with Crippen LogP contribution < -0.4 is 5.32 Å². The van der Waals surface area contributed by atoms with E-state index in [4.69, 9.17) is 16.3 Å². The number of benzene rings is 2. The van der Waals surface area contributed by atoms with E-state index in [0.717, 1.165) is 22.3 Å². The summed E-state index contributed by atoms with van der Waals surface area (Å²) in [7, 11) is 0. The maximum atomic E-state index is 12.5. The molecule has 0 spiro atoms. The number of aryl methyl sites for hydroxylation is 1. The smallest absolute Gasteiger partial charge is 0.307 e. The Morgan fingerprint density at radius 2 is 1.84 bits per heavy atom. The van der Waals surface area contributed by atoms with Crippen molar-refractivity contribution in [3.63, 3.8) is 0 Å². The first-order chi connectivity index (χ1) is 15.5. The summed E-state index contributed by atoms with van der Waals surface area (Å²) >= 11 is 6.09. The number of nitrogens with one attached hydrogen (secondary N) is 1. The number of amides is 1. The lowest BCUT2D eigenvalue weighted by Crippen LogP contribution is -2.38. The Bertz CT molecular complexity index is 1020. The Labute approximate surface area is 193 Å². The number of rotatable bonds is 10. The molecule has 0 fully saturated rings. The number of pyridine rings is 1. The van der Waals surface area contributed by atoms with E-state index >= 15 is 0 Å². The van der Waals surface area contributed by atoms with Gasteiger partial charge in [0.1, 0.15) is 0 Å². The zero-order valence-electron chi connectivity index (χ0n) is 18.1. The minimum absolute atomic E-state index is 0.0984. The number of esters is 1. The SMILES string of the molecule is CCOC(=O)C[C@@H](Cc1ccc(-c2cccc(Cl)c2)cc1)NC(=O)CCc1cccnc1. The van der Waals surface area contributed by atoms with E-state index in [0.29, 0.717) is 30.9 Å². The van der Waals surface area contributed by atoms with Gasteiger partial charge in [-0.15, -0.1) is 0 Å². The average Bonchev–Trinajstić information content (AvgIpc) is 2.79. The van der Waals surface area contributed by atoms with Crippen LogP contribution in [-0.2, 0) is 27.2 Å². The Kier molecular flexibility index (Phi) is 8.81. The van der Waals surface area contributed by atoms with Crippen LogP contribution in [0.5, 0.6) is 0 Å². The van der Waals surface area contributed by atoms with Crippen molar-refractivity contribution in [3.8, 4) is 11.1 Å². The van der Waals surface area contributed by atoms with Gasteiger partial charge in [0, 0.05) is 29.9 Å². The van der Waals surface area contributed by atoms with Gasteiger partial charge in [0.05, 0.1) is 13.0 Å². The summed E-state index contributed by atoms with van der Waals surface area (Å²) in [6.45, 7) is 2.09. The van der Waals surface area contributed by atoms with Crippen LogP contribution in [0.4, 0.5) is 0 Å². The number of hydrogen-bond acceptors (Lipinski definition) is 4. The molecule has 3 rings (SSSR count).